The lowest BCUT2D eigenvalue weighted by atomic mass is 10.0. The highest BCUT2D eigenvalue weighted by atomic mass is 19.3. The van der Waals surface area contributed by atoms with Crippen molar-refractivity contribution in [1.82, 2.24) is 0 Å². The average molecular weight is 260 g/mol. The van der Waals surface area contributed by atoms with Crippen molar-refractivity contribution in [3.8, 4) is 5.75 Å². The molecule has 1 aromatic carbocycles. The number of carboxylic acids is 1. The van der Waals surface area contributed by atoms with Gasteiger partial charge in [-0.05, 0) is 31.5 Å². The number of hydrogen-bond acceptors (Lipinski definition) is 3. The van der Waals surface area contributed by atoms with Crippen LogP contribution in [0.1, 0.15) is 25.5 Å². The Morgan fingerprint density at radius 1 is 1.39 bits per heavy atom. The highest BCUT2D eigenvalue weighted by Gasteiger charge is 2.47. The SMILES string of the molecule is CC(C)Oc1cccc(C(O)C(F)(F)C(=O)O)c1. The first-order chi connectivity index (χ1) is 8.25. The van der Waals surface area contributed by atoms with Gasteiger partial charge in [-0.2, -0.15) is 8.78 Å². The van der Waals surface area contributed by atoms with E-state index in [2.05, 4.69) is 0 Å². The molecule has 4 nitrogen and oxygen atoms in total. The van der Waals surface area contributed by atoms with Crippen molar-refractivity contribution >= 4 is 5.97 Å². The Bertz CT molecular complexity index is 432. The summed E-state index contributed by atoms with van der Waals surface area (Å²) >= 11 is 0. The predicted molar refractivity (Wildman–Crippen MR) is 59.7 cm³/mol. The zero-order valence-electron chi connectivity index (χ0n) is 9.93. The van der Waals surface area contributed by atoms with E-state index in [0.717, 1.165) is 0 Å². The molecule has 0 aromatic heterocycles. The molecule has 0 saturated carbocycles. The summed E-state index contributed by atoms with van der Waals surface area (Å²) in [4.78, 5) is 10.4. The molecule has 18 heavy (non-hydrogen) atoms. The topological polar surface area (TPSA) is 66.8 Å². The van der Waals surface area contributed by atoms with Gasteiger partial charge in [0.15, 0.2) is 6.10 Å². The zero-order valence-corrected chi connectivity index (χ0v) is 9.93. The molecular formula is C12H14F2O4. The highest BCUT2D eigenvalue weighted by Crippen LogP contribution is 2.33. The third kappa shape index (κ3) is 3.16. The lowest BCUT2D eigenvalue weighted by Crippen LogP contribution is -2.35. The number of benzene rings is 1. The van der Waals surface area contributed by atoms with E-state index in [1.165, 1.54) is 24.3 Å². The Balaban J connectivity index is 2.99. The van der Waals surface area contributed by atoms with Gasteiger partial charge < -0.3 is 14.9 Å². The zero-order chi connectivity index (χ0) is 13.9. The largest absolute Gasteiger partial charge is 0.491 e. The Kier molecular flexibility index (Phi) is 4.24. The number of carboxylic acid groups (broad SMARTS) is 1. The smallest absolute Gasteiger partial charge is 0.377 e. The summed E-state index contributed by atoms with van der Waals surface area (Å²) in [6.07, 6.45) is -2.57. The van der Waals surface area contributed by atoms with Crippen LogP contribution in [-0.2, 0) is 4.79 Å². The van der Waals surface area contributed by atoms with Crippen LogP contribution in [0.2, 0.25) is 0 Å². The second-order valence-electron chi connectivity index (χ2n) is 4.07. The number of ether oxygens (including phenoxy) is 1. The van der Waals surface area contributed by atoms with Crippen LogP contribution in [0.4, 0.5) is 8.78 Å². The molecule has 1 unspecified atom stereocenters. The van der Waals surface area contributed by atoms with E-state index in [-0.39, 0.29) is 11.7 Å². The van der Waals surface area contributed by atoms with Crippen molar-refractivity contribution in [2.24, 2.45) is 0 Å². The first kappa shape index (κ1) is 14.4. The van der Waals surface area contributed by atoms with Gasteiger partial charge in [-0.1, -0.05) is 12.1 Å². The van der Waals surface area contributed by atoms with E-state index in [0.29, 0.717) is 5.75 Å². The lowest BCUT2D eigenvalue weighted by Gasteiger charge is -2.19. The van der Waals surface area contributed by atoms with Crippen molar-refractivity contribution < 1.29 is 28.5 Å². The van der Waals surface area contributed by atoms with Crippen LogP contribution in [0.5, 0.6) is 5.75 Å². The second-order valence-corrected chi connectivity index (χ2v) is 4.07. The monoisotopic (exact) mass is 260 g/mol. The van der Waals surface area contributed by atoms with Crippen LogP contribution in [-0.4, -0.2) is 28.2 Å². The highest BCUT2D eigenvalue weighted by molar-refractivity contribution is 5.76. The van der Waals surface area contributed by atoms with Crippen LogP contribution in [0.3, 0.4) is 0 Å². The summed E-state index contributed by atoms with van der Waals surface area (Å²) in [5.74, 6) is -6.32. The molecule has 1 rings (SSSR count). The van der Waals surface area contributed by atoms with Gasteiger partial charge >= 0.3 is 11.9 Å². The molecule has 0 bridgehead atoms. The minimum atomic E-state index is -4.24. The fourth-order valence-corrected chi connectivity index (χ4v) is 1.36. The summed E-state index contributed by atoms with van der Waals surface area (Å²) in [7, 11) is 0. The minimum absolute atomic E-state index is 0.155. The van der Waals surface area contributed by atoms with Crippen molar-refractivity contribution in [3.05, 3.63) is 29.8 Å². The second kappa shape index (κ2) is 5.30. The number of aliphatic hydroxyl groups is 1. The molecule has 0 aliphatic heterocycles. The van der Waals surface area contributed by atoms with Gasteiger partial charge in [0.1, 0.15) is 5.75 Å². The summed E-state index contributed by atoms with van der Waals surface area (Å²) in [6, 6.07) is 5.36. The van der Waals surface area contributed by atoms with E-state index in [9.17, 15) is 18.7 Å². The number of rotatable bonds is 5. The molecule has 0 spiro atoms. The summed E-state index contributed by atoms with van der Waals surface area (Å²) in [5.41, 5.74) is -0.208. The Morgan fingerprint density at radius 3 is 2.50 bits per heavy atom. The molecule has 0 radical (unpaired) electrons. The van der Waals surface area contributed by atoms with Gasteiger partial charge in [0.05, 0.1) is 6.10 Å². The lowest BCUT2D eigenvalue weighted by molar-refractivity contribution is -0.182. The third-order valence-corrected chi connectivity index (χ3v) is 2.17. The van der Waals surface area contributed by atoms with Crippen LogP contribution in [0, 0.1) is 0 Å². The fourth-order valence-electron chi connectivity index (χ4n) is 1.36. The fraction of sp³-hybridized carbons (Fsp3) is 0.417. The Morgan fingerprint density at radius 2 is 2.00 bits per heavy atom. The molecular weight excluding hydrogens is 246 g/mol. The summed E-state index contributed by atoms with van der Waals surface area (Å²) < 4.78 is 31.5. The van der Waals surface area contributed by atoms with E-state index in [4.69, 9.17) is 9.84 Å². The standard InChI is InChI=1S/C12H14F2O4/c1-7(2)18-9-5-3-4-8(6-9)10(15)12(13,14)11(16)17/h3-7,10,15H,1-2H3,(H,16,17). The molecule has 0 aliphatic rings. The van der Waals surface area contributed by atoms with Gasteiger partial charge in [-0.15, -0.1) is 0 Å². The average Bonchev–Trinajstić information content (AvgIpc) is 2.27. The summed E-state index contributed by atoms with van der Waals surface area (Å²) in [6.45, 7) is 3.52. The van der Waals surface area contributed by atoms with Crippen molar-refractivity contribution in [1.29, 1.82) is 0 Å². The van der Waals surface area contributed by atoms with Gasteiger partial charge in [0.25, 0.3) is 0 Å². The van der Waals surface area contributed by atoms with E-state index in [1.807, 2.05) is 0 Å². The molecule has 1 atom stereocenters. The van der Waals surface area contributed by atoms with Crippen molar-refractivity contribution in [2.45, 2.75) is 32.0 Å². The van der Waals surface area contributed by atoms with E-state index in [1.54, 1.807) is 13.8 Å². The van der Waals surface area contributed by atoms with Crippen LogP contribution >= 0.6 is 0 Å². The van der Waals surface area contributed by atoms with Crippen molar-refractivity contribution in [3.63, 3.8) is 0 Å². The number of halogens is 2. The Hall–Kier alpha value is -1.69. The van der Waals surface area contributed by atoms with Gasteiger partial charge in [0, 0.05) is 0 Å². The molecule has 0 saturated heterocycles. The van der Waals surface area contributed by atoms with E-state index < -0.39 is 18.0 Å². The van der Waals surface area contributed by atoms with Crippen LogP contribution < -0.4 is 4.74 Å². The first-order valence-corrected chi connectivity index (χ1v) is 5.31. The molecule has 100 valence electrons. The van der Waals surface area contributed by atoms with Crippen LogP contribution in [0.15, 0.2) is 24.3 Å². The van der Waals surface area contributed by atoms with Crippen LogP contribution in [0.25, 0.3) is 0 Å². The predicted octanol–water partition coefficient (Wildman–Crippen LogP) is 2.23. The number of aliphatic hydroxyl groups excluding tert-OH is 1. The number of alkyl halides is 2. The quantitative estimate of drug-likeness (QED) is 0.852. The maximum Gasteiger partial charge on any atom is 0.377 e. The molecule has 0 amide bonds. The van der Waals surface area contributed by atoms with Gasteiger partial charge in [0.2, 0.25) is 0 Å². The molecule has 2 N–H and O–H groups in total. The third-order valence-electron chi connectivity index (χ3n) is 2.17. The molecule has 0 heterocycles. The maximum absolute atomic E-state index is 13.1. The van der Waals surface area contributed by atoms with Gasteiger partial charge in [-0.3, -0.25) is 0 Å². The normalized spacial score (nSPS) is 13.4. The number of aliphatic carboxylic acids is 1. The minimum Gasteiger partial charge on any atom is -0.491 e. The van der Waals surface area contributed by atoms with E-state index >= 15 is 0 Å². The number of carbonyl (C=O) groups is 1. The molecule has 1 aromatic rings. The Labute approximate surface area is 103 Å². The first-order valence-electron chi connectivity index (χ1n) is 5.31. The summed E-state index contributed by atoms with van der Waals surface area (Å²) in [5, 5.41) is 17.7. The van der Waals surface area contributed by atoms with Crippen molar-refractivity contribution in [2.75, 3.05) is 0 Å². The number of hydrogen-bond donors (Lipinski definition) is 2. The van der Waals surface area contributed by atoms with Gasteiger partial charge in [-0.25, -0.2) is 4.79 Å². The molecule has 0 fully saturated rings. The molecule has 6 heteroatoms. The molecule has 0 aliphatic carbocycles. The maximum atomic E-state index is 13.1.